The maximum Gasteiger partial charge on any atom is 0.153 e. The van der Waals surface area contributed by atoms with E-state index in [1.165, 1.54) is 12.8 Å². The molecule has 3 nitrogen and oxygen atoms in total. The molecule has 0 amide bonds. The highest BCUT2D eigenvalue weighted by atomic mass is 16.6. The van der Waals surface area contributed by atoms with Crippen LogP contribution in [0.4, 0.5) is 0 Å². The summed E-state index contributed by atoms with van der Waals surface area (Å²) in [6.07, 6.45) is 1.91. The minimum Gasteiger partial charge on any atom is -0.368 e. The fourth-order valence-electron chi connectivity index (χ4n) is 1.13. The summed E-state index contributed by atoms with van der Waals surface area (Å²) in [5.74, 6) is 0. The molecule has 3 heteroatoms. The predicted octanol–water partition coefficient (Wildman–Crippen LogP) is 0.395. The van der Waals surface area contributed by atoms with Crippen LogP contribution in [0.25, 0.3) is 0 Å². The van der Waals surface area contributed by atoms with Gasteiger partial charge in [-0.15, -0.1) is 0 Å². The quantitative estimate of drug-likeness (QED) is 0.583. The molecule has 1 aliphatic rings. The second kappa shape index (κ2) is 3.91. The van der Waals surface area contributed by atoms with Gasteiger partial charge in [-0.1, -0.05) is 0 Å². The van der Waals surface area contributed by atoms with Gasteiger partial charge in [-0.2, -0.15) is 0 Å². The summed E-state index contributed by atoms with van der Waals surface area (Å²) in [7, 11) is 0. The average molecular weight is 145 g/mol. The van der Waals surface area contributed by atoms with Gasteiger partial charge in [0.15, 0.2) is 6.29 Å². The molecule has 1 unspecified atom stereocenters. The van der Waals surface area contributed by atoms with Gasteiger partial charge in [0, 0.05) is 13.1 Å². The van der Waals surface area contributed by atoms with Crippen LogP contribution in [-0.4, -0.2) is 36.1 Å². The molecule has 1 rings (SSSR count). The van der Waals surface area contributed by atoms with Crippen LogP contribution in [0, 0.1) is 0 Å². The first-order chi connectivity index (χ1) is 4.79. The van der Waals surface area contributed by atoms with Crippen molar-refractivity contribution in [1.29, 1.82) is 0 Å². The number of nitrogens with zero attached hydrogens (tertiary/aromatic N) is 1. The van der Waals surface area contributed by atoms with Crippen LogP contribution >= 0.6 is 0 Å². The molecule has 0 saturated carbocycles. The number of hydrogen-bond acceptors (Lipinski definition) is 3. The summed E-state index contributed by atoms with van der Waals surface area (Å²) >= 11 is 0. The molecule has 1 atom stereocenters. The summed E-state index contributed by atoms with van der Waals surface area (Å²) in [5.41, 5.74) is 0. The van der Waals surface area contributed by atoms with Gasteiger partial charge < -0.3 is 9.84 Å². The monoisotopic (exact) mass is 145 g/mol. The predicted molar refractivity (Wildman–Crippen MR) is 38.4 cm³/mol. The molecular formula is C7H15NO2. The van der Waals surface area contributed by atoms with Crippen molar-refractivity contribution < 1.29 is 9.84 Å². The van der Waals surface area contributed by atoms with Crippen LogP contribution in [0.1, 0.15) is 19.8 Å². The molecule has 10 heavy (non-hydrogen) atoms. The van der Waals surface area contributed by atoms with E-state index in [4.69, 9.17) is 9.84 Å². The molecule has 0 radical (unpaired) electrons. The van der Waals surface area contributed by atoms with E-state index in [0.29, 0.717) is 6.73 Å². The molecule has 1 fully saturated rings. The van der Waals surface area contributed by atoms with E-state index in [2.05, 4.69) is 4.90 Å². The van der Waals surface area contributed by atoms with E-state index in [9.17, 15) is 0 Å². The lowest BCUT2D eigenvalue weighted by Crippen LogP contribution is -2.25. The van der Waals surface area contributed by atoms with Crippen molar-refractivity contribution in [3.05, 3.63) is 0 Å². The maximum absolute atomic E-state index is 8.76. The molecule has 0 bridgehead atoms. The average Bonchev–Trinajstić information content (AvgIpc) is 2.34. The van der Waals surface area contributed by atoms with Crippen molar-refractivity contribution in [2.45, 2.75) is 26.1 Å². The standard InChI is InChI=1S/C7H15NO2/c1-7(9)10-6-8-4-2-3-5-8/h7,9H,2-6H2,1H3. The van der Waals surface area contributed by atoms with Crippen molar-refractivity contribution >= 4 is 0 Å². The zero-order chi connectivity index (χ0) is 7.40. The smallest absolute Gasteiger partial charge is 0.153 e. The first-order valence-corrected chi connectivity index (χ1v) is 3.81. The Morgan fingerprint density at radius 3 is 2.60 bits per heavy atom. The second-order valence-electron chi connectivity index (χ2n) is 2.72. The topological polar surface area (TPSA) is 32.7 Å². The van der Waals surface area contributed by atoms with Crippen LogP contribution in [0.5, 0.6) is 0 Å². The fourth-order valence-corrected chi connectivity index (χ4v) is 1.13. The summed E-state index contributed by atoms with van der Waals surface area (Å²) in [6.45, 7) is 4.45. The van der Waals surface area contributed by atoms with E-state index in [1.807, 2.05) is 0 Å². The second-order valence-corrected chi connectivity index (χ2v) is 2.72. The molecule has 1 heterocycles. The normalized spacial score (nSPS) is 23.4. The summed E-state index contributed by atoms with van der Waals surface area (Å²) in [5, 5.41) is 8.76. The minimum atomic E-state index is -0.624. The van der Waals surface area contributed by atoms with Crippen LogP contribution in [0.3, 0.4) is 0 Å². The van der Waals surface area contributed by atoms with Crippen molar-refractivity contribution in [3.63, 3.8) is 0 Å². The van der Waals surface area contributed by atoms with Crippen LogP contribution in [0.15, 0.2) is 0 Å². The van der Waals surface area contributed by atoms with E-state index < -0.39 is 6.29 Å². The lowest BCUT2D eigenvalue weighted by Gasteiger charge is -2.15. The molecular weight excluding hydrogens is 130 g/mol. The van der Waals surface area contributed by atoms with Crippen molar-refractivity contribution in [1.82, 2.24) is 4.90 Å². The van der Waals surface area contributed by atoms with Gasteiger partial charge in [-0.05, 0) is 19.8 Å². The van der Waals surface area contributed by atoms with Crippen molar-refractivity contribution in [2.75, 3.05) is 19.8 Å². The van der Waals surface area contributed by atoms with Gasteiger partial charge in [0.2, 0.25) is 0 Å². The summed E-state index contributed by atoms with van der Waals surface area (Å²) in [4.78, 5) is 2.20. The molecule has 1 aliphatic heterocycles. The minimum absolute atomic E-state index is 0.581. The third kappa shape index (κ3) is 2.64. The zero-order valence-corrected chi connectivity index (χ0v) is 6.42. The number of ether oxygens (including phenoxy) is 1. The highest BCUT2D eigenvalue weighted by Crippen LogP contribution is 2.06. The Morgan fingerprint density at radius 1 is 1.50 bits per heavy atom. The van der Waals surface area contributed by atoms with Gasteiger partial charge in [0.25, 0.3) is 0 Å². The third-order valence-electron chi connectivity index (χ3n) is 1.70. The molecule has 0 aromatic carbocycles. The Balaban J connectivity index is 2.01. The lowest BCUT2D eigenvalue weighted by atomic mass is 10.4. The number of likely N-dealkylation sites (tertiary alicyclic amines) is 1. The maximum atomic E-state index is 8.76. The van der Waals surface area contributed by atoms with Crippen LogP contribution in [0.2, 0.25) is 0 Å². The Labute approximate surface area is 61.6 Å². The summed E-state index contributed by atoms with van der Waals surface area (Å²) in [6, 6.07) is 0. The first-order valence-electron chi connectivity index (χ1n) is 3.81. The largest absolute Gasteiger partial charge is 0.368 e. The van der Waals surface area contributed by atoms with E-state index in [1.54, 1.807) is 6.92 Å². The van der Waals surface area contributed by atoms with Crippen LogP contribution < -0.4 is 0 Å². The fraction of sp³-hybridized carbons (Fsp3) is 1.00. The molecule has 1 N–H and O–H groups in total. The Morgan fingerprint density at radius 2 is 2.10 bits per heavy atom. The summed E-state index contributed by atoms with van der Waals surface area (Å²) < 4.78 is 5.01. The highest BCUT2D eigenvalue weighted by molar-refractivity contribution is 4.61. The first kappa shape index (κ1) is 7.98. The molecule has 0 spiro atoms. The SMILES string of the molecule is CC(O)OCN1CCCC1. The zero-order valence-electron chi connectivity index (χ0n) is 6.42. The van der Waals surface area contributed by atoms with E-state index >= 15 is 0 Å². The molecule has 0 aromatic rings. The van der Waals surface area contributed by atoms with Crippen molar-refractivity contribution in [2.24, 2.45) is 0 Å². The molecule has 0 aliphatic carbocycles. The van der Waals surface area contributed by atoms with Gasteiger partial charge in [0.05, 0.1) is 0 Å². The number of aliphatic hydroxyl groups is 1. The van der Waals surface area contributed by atoms with Gasteiger partial charge >= 0.3 is 0 Å². The highest BCUT2D eigenvalue weighted by Gasteiger charge is 2.11. The van der Waals surface area contributed by atoms with Crippen molar-refractivity contribution in [3.8, 4) is 0 Å². The Hall–Kier alpha value is -0.120. The number of rotatable bonds is 3. The van der Waals surface area contributed by atoms with Gasteiger partial charge in [-0.25, -0.2) is 0 Å². The van der Waals surface area contributed by atoms with E-state index in [-0.39, 0.29) is 0 Å². The molecule has 0 aromatic heterocycles. The molecule has 1 saturated heterocycles. The van der Waals surface area contributed by atoms with Crippen LogP contribution in [-0.2, 0) is 4.74 Å². The lowest BCUT2D eigenvalue weighted by molar-refractivity contribution is -0.117. The molecule has 60 valence electrons. The van der Waals surface area contributed by atoms with E-state index in [0.717, 1.165) is 13.1 Å². The number of aliphatic hydroxyl groups excluding tert-OH is 1. The Bertz CT molecular complexity index is 89.6. The van der Waals surface area contributed by atoms with Gasteiger partial charge in [-0.3, -0.25) is 4.90 Å². The number of hydrogen-bond donors (Lipinski definition) is 1. The third-order valence-corrected chi connectivity index (χ3v) is 1.70. The van der Waals surface area contributed by atoms with Gasteiger partial charge in [0.1, 0.15) is 6.73 Å². The Kier molecular flexibility index (Phi) is 3.12.